The summed E-state index contributed by atoms with van der Waals surface area (Å²) in [4.78, 5) is 11.0. The van der Waals surface area contributed by atoms with Crippen molar-refractivity contribution < 1.29 is 14.3 Å². The van der Waals surface area contributed by atoms with Crippen LogP contribution in [0.25, 0.3) is 0 Å². The van der Waals surface area contributed by atoms with Crippen LogP contribution in [0, 0.1) is 0 Å². The predicted molar refractivity (Wildman–Crippen MR) is 35.3 cm³/mol. The zero-order valence-corrected chi connectivity index (χ0v) is 6.09. The van der Waals surface area contributed by atoms with Gasteiger partial charge in [0.15, 0.2) is 5.76 Å². The molecule has 1 heterocycles. The Morgan fingerprint density at radius 2 is 2.50 bits per heavy atom. The topological polar surface area (TPSA) is 35.5 Å². The molecule has 1 unspecified atom stereocenters. The van der Waals surface area contributed by atoms with Crippen LogP contribution in [0.2, 0.25) is 0 Å². The molecule has 0 spiro atoms. The van der Waals surface area contributed by atoms with Crippen molar-refractivity contribution in [2.45, 2.75) is 19.4 Å². The average Bonchev–Trinajstić information content (AvgIpc) is 1.88. The van der Waals surface area contributed by atoms with Gasteiger partial charge in [-0.2, -0.15) is 0 Å². The number of carbonyl (C=O) groups is 1. The molecule has 56 valence electrons. The second kappa shape index (κ2) is 2.73. The fourth-order valence-corrected chi connectivity index (χ4v) is 0.815. The Labute approximate surface area is 59.6 Å². The van der Waals surface area contributed by atoms with Crippen molar-refractivity contribution in [1.29, 1.82) is 0 Å². The van der Waals surface area contributed by atoms with Gasteiger partial charge in [-0.1, -0.05) is 0 Å². The molecule has 1 rings (SSSR count). The molecule has 3 heteroatoms. The van der Waals surface area contributed by atoms with E-state index in [4.69, 9.17) is 9.47 Å². The SMILES string of the molecule is COC1=COC(C)CC1=O. The maximum Gasteiger partial charge on any atom is 0.204 e. The zero-order valence-electron chi connectivity index (χ0n) is 6.09. The Balaban J connectivity index is 2.66. The number of ketones is 1. The minimum atomic E-state index is -0.00796. The van der Waals surface area contributed by atoms with E-state index in [1.165, 1.54) is 13.4 Å². The smallest absolute Gasteiger partial charge is 0.204 e. The Hall–Kier alpha value is -0.990. The summed E-state index contributed by atoms with van der Waals surface area (Å²) in [6, 6.07) is 0. The van der Waals surface area contributed by atoms with Gasteiger partial charge in [0, 0.05) is 0 Å². The highest BCUT2D eigenvalue weighted by Crippen LogP contribution is 2.13. The van der Waals surface area contributed by atoms with Crippen LogP contribution in [-0.2, 0) is 14.3 Å². The molecule has 0 fully saturated rings. The summed E-state index contributed by atoms with van der Waals surface area (Å²) in [5.41, 5.74) is 0. The third-order valence-electron chi connectivity index (χ3n) is 1.37. The second-order valence-electron chi connectivity index (χ2n) is 2.26. The molecule has 0 radical (unpaired) electrons. The first-order chi connectivity index (χ1) is 4.74. The van der Waals surface area contributed by atoms with Gasteiger partial charge in [-0.25, -0.2) is 0 Å². The molecule has 10 heavy (non-hydrogen) atoms. The summed E-state index contributed by atoms with van der Waals surface area (Å²) in [5, 5.41) is 0. The van der Waals surface area contributed by atoms with Crippen molar-refractivity contribution in [2.24, 2.45) is 0 Å². The van der Waals surface area contributed by atoms with Crippen molar-refractivity contribution in [3.8, 4) is 0 Å². The van der Waals surface area contributed by atoms with Crippen molar-refractivity contribution in [3.05, 3.63) is 12.0 Å². The first-order valence-electron chi connectivity index (χ1n) is 3.17. The molecule has 0 saturated heterocycles. The number of methoxy groups -OCH3 is 1. The van der Waals surface area contributed by atoms with Crippen LogP contribution in [0.1, 0.15) is 13.3 Å². The first-order valence-corrected chi connectivity index (χ1v) is 3.17. The maximum absolute atomic E-state index is 11.0. The third-order valence-corrected chi connectivity index (χ3v) is 1.37. The lowest BCUT2D eigenvalue weighted by Crippen LogP contribution is -2.20. The van der Waals surface area contributed by atoms with Crippen LogP contribution in [-0.4, -0.2) is 19.0 Å². The molecular formula is C7H10O3. The molecule has 0 bridgehead atoms. The molecule has 1 atom stereocenters. The highest BCUT2D eigenvalue weighted by Gasteiger charge is 2.19. The Morgan fingerprint density at radius 3 is 3.00 bits per heavy atom. The second-order valence-corrected chi connectivity index (χ2v) is 2.26. The highest BCUT2D eigenvalue weighted by molar-refractivity contribution is 5.94. The van der Waals surface area contributed by atoms with Crippen molar-refractivity contribution in [1.82, 2.24) is 0 Å². The van der Waals surface area contributed by atoms with Crippen LogP contribution in [0.3, 0.4) is 0 Å². The fourth-order valence-electron chi connectivity index (χ4n) is 0.815. The van der Waals surface area contributed by atoms with E-state index in [-0.39, 0.29) is 11.9 Å². The number of carbonyl (C=O) groups excluding carboxylic acids is 1. The van der Waals surface area contributed by atoms with E-state index < -0.39 is 0 Å². The molecule has 0 N–H and O–H groups in total. The number of ether oxygens (including phenoxy) is 2. The van der Waals surface area contributed by atoms with Gasteiger partial charge in [-0.05, 0) is 6.92 Å². The van der Waals surface area contributed by atoms with E-state index in [0.29, 0.717) is 12.2 Å². The van der Waals surface area contributed by atoms with Gasteiger partial charge >= 0.3 is 0 Å². The lowest BCUT2D eigenvalue weighted by atomic mass is 10.1. The highest BCUT2D eigenvalue weighted by atomic mass is 16.5. The van der Waals surface area contributed by atoms with Gasteiger partial charge in [-0.15, -0.1) is 0 Å². The normalized spacial score (nSPS) is 25.2. The lowest BCUT2D eigenvalue weighted by molar-refractivity contribution is -0.122. The molecule has 0 aromatic carbocycles. The molecule has 0 amide bonds. The largest absolute Gasteiger partial charge is 0.494 e. The summed E-state index contributed by atoms with van der Waals surface area (Å²) >= 11 is 0. The zero-order chi connectivity index (χ0) is 7.56. The first kappa shape index (κ1) is 7.12. The van der Waals surface area contributed by atoms with Crippen LogP contribution >= 0.6 is 0 Å². The maximum atomic E-state index is 11.0. The van der Waals surface area contributed by atoms with Crippen LogP contribution in [0.5, 0.6) is 0 Å². The summed E-state index contributed by atoms with van der Waals surface area (Å²) in [7, 11) is 1.46. The van der Waals surface area contributed by atoms with Crippen molar-refractivity contribution in [3.63, 3.8) is 0 Å². The number of rotatable bonds is 1. The van der Waals surface area contributed by atoms with E-state index in [1.807, 2.05) is 6.92 Å². The summed E-state index contributed by atoms with van der Waals surface area (Å²) in [6.07, 6.45) is 1.78. The molecule has 1 aliphatic rings. The van der Waals surface area contributed by atoms with Gasteiger partial charge in [0.25, 0.3) is 0 Å². The monoisotopic (exact) mass is 142 g/mol. The van der Waals surface area contributed by atoms with E-state index >= 15 is 0 Å². The van der Waals surface area contributed by atoms with Crippen LogP contribution < -0.4 is 0 Å². The van der Waals surface area contributed by atoms with Gasteiger partial charge < -0.3 is 9.47 Å². The predicted octanol–water partition coefficient (Wildman–Crippen LogP) is 0.852. The molecule has 0 aliphatic carbocycles. The summed E-state index contributed by atoms with van der Waals surface area (Å²) in [5.74, 6) is 0.333. The van der Waals surface area contributed by atoms with E-state index in [2.05, 4.69) is 0 Å². The van der Waals surface area contributed by atoms with E-state index in [0.717, 1.165) is 0 Å². The molecule has 3 nitrogen and oxygen atoms in total. The number of hydrogen-bond donors (Lipinski definition) is 0. The van der Waals surface area contributed by atoms with Gasteiger partial charge in [0.1, 0.15) is 12.4 Å². The molecule has 1 aliphatic heterocycles. The Bertz CT molecular complexity index is 172. The Morgan fingerprint density at radius 1 is 1.80 bits per heavy atom. The molecule has 0 aromatic heterocycles. The number of hydrogen-bond acceptors (Lipinski definition) is 3. The molecule has 0 aromatic rings. The van der Waals surface area contributed by atoms with Gasteiger partial charge in [-0.3, -0.25) is 4.79 Å². The van der Waals surface area contributed by atoms with Gasteiger partial charge in [0.2, 0.25) is 5.78 Å². The number of Topliss-reactive ketones (excluding diaryl/α,β-unsaturated/α-hetero) is 1. The molecular weight excluding hydrogens is 132 g/mol. The van der Waals surface area contributed by atoms with Crippen molar-refractivity contribution in [2.75, 3.05) is 7.11 Å². The fraction of sp³-hybridized carbons (Fsp3) is 0.571. The minimum absolute atomic E-state index is 0.00796. The molecule has 0 saturated carbocycles. The van der Waals surface area contributed by atoms with Gasteiger partial charge in [0.05, 0.1) is 13.5 Å². The average molecular weight is 142 g/mol. The van der Waals surface area contributed by atoms with Crippen molar-refractivity contribution >= 4 is 5.78 Å². The van der Waals surface area contributed by atoms with E-state index in [1.54, 1.807) is 0 Å². The minimum Gasteiger partial charge on any atom is -0.494 e. The quantitative estimate of drug-likeness (QED) is 0.544. The van der Waals surface area contributed by atoms with Crippen LogP contribution in [0.15, 0.2) is 12.0 Å². The number of allylic oxidation sites excluding steroid dienone is 1. The summed E-state index contributed by atoms with van der Waals surface area (Å²) in [6.45, 7) is 1.85. The lowest BCUT2D eigenvalue weighted by Gasteiger charge is -2.17. The standard InChI is InChI=1S/C7H10O3/c1-5-3-6(8)7(9-2)4-10-5/h4-5H,3H2,1-2H3. The third kappa shape index (κ3) is 1.29. The van der Waals surface area contributed by atoms with E-state index in [9.17, 15) is 4.79 Å². The Kier molecular flexibility index (Phi) is 1.94. The van der Waals surface area contributed by atoms with Crippen LogP contribution in [0.4, 0.5) is 0 Å². The summed E-state index contributed by atoms with van der Waals surface area (Å²) < 4.78 is 9.78.